The highest BCUT2D eigenvalue weighted by Crippen LogP contribution is 2.30. The zero-order chi connectivity index (χ0) is 14.6. The summed E-state index contributed by atoms with van der Waals surface area (Å²) in [5.41, 5.74) is 0.563. The summed E-state index contributed by atoms with van der Waals surface area (Å²) in [7, 11) is 1.60. The third-order valence-corrected chi connectivity index (χ3v) is 3.17. The van der Waals surface area contributed by atoms with Crippen LogP contribution in [0.3, 0.4) is 0 Å². The van der Waals surface area contributed by atoms with E-state index in [1.54, 1.807) is 20.1 Å². The number of nitrogens with zero attached hydrogens (tertiary/aromatic N) is 1. The van der Waals surface area contributed by atoms with Gasteiger partial charge in [-0.05, 0) is 19.1 Å². The van der Waals surface area contributed by atoms with Crippen molar-refractivity contribution in [3.05, 3.63) is 42.5 Å². The normalized spacial score (nSPS) is 20.8. The third kappa shape index (κ3) is 2.66. The SMILES string of the molecule is C=CCNC(=O)C1(C)CC(c2ccccc2OC)=NO1. The van der Waals surface area contributed by atoms with Crippen LogP contribution in [0.15, 0.2) is 42.1 Å². The van der Waals surface area contributed by atoms with Gasteiger partial charge in [0, 0.05) is 18.5 Å². The molecule has 1 aliphatic rings. The number of oxime groups is 1. The van der Waals surface area contributed by atoms with Gasteiger partial charge in [-0.25, -0.2) is 0 Å². The average Bonchev–Trinajstić information content (AvgIpc) is 2.88. The number of rotatable bonds is 5. The molecule has 0 aliphatic carbocycles. The minimum absolute atomic E-state index is 0.203. The second-order valence-corrected chi connectivity index (χ2v) is 4.74. The maximum atomic E-state index is 12.1. The van der Waals surface area contributed by atoms with Gasteiger partial charge in [-0.1, -0.05) is 23.4 Å². The number of benzene rings is 1. The molecule has 0 saturated carbocycles. The fourth-order valence-electron chi connectivity index (χ4n) is 2.04. The van der Waals surface area contributed by atoms with Crippen LogP contribution in [-0.4, -0.2) is 30.9 Å². The van der Waals surface area contributed by atoms with E-state index in [4.69, 9.17) is 9.57 Å². The molecular weight excluding hydrogens is 256 g/mol. The average molecular weight is 274 g/mol. The molecule has 20 heavy (non-hydrogen) atoms. The van der Waals surface area contributed by atoms with E-state index in [2.05, 4.69) is 17.1 Å². The first-order chi connectivity index (χ1) is 9.60. The predicted octanol–water partition coefficient (Wildman–Crippen LogP) is 1.88. The van der Waals surface area contributed by atoms with Crippen LogP contribution in [0, 0.1) is 0 Å². The highest BCUT2D eigenvalue weighted by Gasteiger charge is 2.42. The summed E-state index contributed by atoms with van der Waals surface area (Å²) in [4.78, 5) is 17.4. The van der Waals surface area contributed by atoms with Gasteiger partial charge in [0.1, 0.15) is 5.75 Å². The van der Waals surface area contributed by atoms with Gasteiger partial charge in [0.25, 0.3) is 5.91 Å². The number of methoxy groups -OCH3 is 1. The molecule has 1 heterocycles. The summed E-state index contributed by atoms with van der Waals surface area (Å²) >= 11 is 0. The molecule has 0 bridgehead atoms. The highest BCUT2D eigenvalue weighted by atomic mass is 16.7. The third-order valence-electron chi connectivity index (χ3n) is 3.17. The molecule has 1 N–H and O–H groups in total. The summed E-state index contributed by atoms with van der Waals surface area (Å²) < 4.78 is 5.30. The number of hydrogen-bond donors (Lipinski definition) is 1. The van der Waals surface area contributed by atoms with E-state index in [0.717, 1.165) is 5.56 Å². The molecule has 1 atom stereocenters. The minimum atomic E-state index is -0.987. The molecule has 0 spiro atoms. The first-order valence-electron chi connectivity index (χ1n) is 6.38. The molecule has 1 amide bonds. The lowest BCUT2D eigenvalue weighted by atomic mass is 9.94. The number of hydrogen-bond acceptors (Lipinski definition) is 4. The smallest absolute Gasteiger partial charge is 0.267 e. The van der Waals surface area contributed by atoms with Gasteiger partial charge in [0.2, 0.25) is 5.60 Å². The molecule has 1 aromatic rings. The number of carbonyl (C=O) groups is 1. The predicted molar refractivity (Wildman–Crippen MR) is 76.8 cm³/mol. The molecule has 106 valence electrons. The van der Waals surface area contributed by atoms with E-state index >= 15 is 0 Å². The molecule has 1 unspecified atom stereocenters. The molecule has 0 fully saturated rings. The van der Waals surface area contributed by atoms with Crippen LogP contribution in [0.5, 0.6) is 5.75 Å². The van der Waals surface area contributed by atoms with Gasteiger partial charge in [-0.2, -0.15) is 0 Å². The van der Waals surface area contributed by atoms with E-state index in [0.29, 0.717) is 24.4 Å². The highest BCUT2D eigenvalue weighted by molar-refractivity contribution is 6.07. The molecule has 1 aromatic carbocycles. The number of carbonyl (C=O) groups excluding carboxylic acids is 1. The quantitative estimate of drug-likeness (QED) is 0.834. The Morgan fingerprint density at radius 2 is 2.35 bits per heavy atom. The van der Waals surface area contributed by atoms with Crippen molar-refractivity contribution >= 4 is 11.6 Å². The monoisotopic (exact) mass is 274 g/mol. The van der Waals surface area contributed by atoms with E-state index in [1.807, 2.05) is 24.3 Å². The van der Waals surface area contributed by atoms with Crippen molar-refractivity contribution in [2.45, 2.75) is 18.9 Å². The van der Waals surface area contributed by atoms with E-state index in [-0.39, 0.29) is 5.91 Å². The lowest BCUT2D eigenvalue weighted by Crippen LogP contribution is -2.44. The van der Waals surface area contributed by atoms with Gasteiger partial charge < -0.3 is 14.9 Å². The van der Waals surface area contributed by atoms with Gasteiger partial charge in [0.05, 0.1) is 12.8 Å². The molecule has 1 aliphatic heterocycles. The molecule has 5 nitrogen and oxygen atoms in total. The van der Waals surface area contributed by atoms with Gasteiger partial charge in [-0.15, -0.1) is 6.58 Å². The van der Waals surface area contributed by atoms with Crippen LogP contribution in [0.25, 0.3) is 0 Å². The molecule has 5 heteroatoms. The standard InChI is InChI=1S/C15H18N2O3/c1-4-9-16-14(18)15(2)10-12(17-20-15)11-7-5-6-8-13(11)19-3/h4-8H,1,9-10H2,2-3H3,(H,16,18). The summed E-state index contributed by atoms with van der Waals surface area (Å²) in [6.45, 7) is 5.69. The fraction of sp³-hybridized carbons (Fsp3) is 0.333. The molecule has 0 radical (unpaired) electrons. The Balaban J connectivity index is 2.15. The zero-order valence-corrected chi connectivity index (χ0v) is 11.7. The Labute approximate surface area is 118 Å². The zero-order valence-electron chi connectivity index (χ0n) is 11.7. The van der Waals surface area contributed by atoms with Crippen LogP contribution >= 0.6 is 0 Å². The van der Waals surface area contributed by atoms with Crippen LogP contribution in [-0.2, 0) is 9.63 Å². The van der Waals surface area contributed by atoms with Crippen molar-refractivity contribution in [2.24, 2.45) is 5.16 Å². The summed E-state index contributed by atoms with van der Waals surface area (Å²) in [6.07, 6.45) is 2.02. The van der Waals surface area contributed by atoms with Crippen molar-refractivity contribution in [3.8, 4) is 5.75 Å². The Hall–Kier alpha value is -2.30. The topological polar surface area (TPSA) is 59.9 Å². The Kier molecular flexibility index (Phi) is 4.08. The van der Waals surface area contributed by atoms with Crippen LogP contribution in [0.2, 0.25) is 0 Å². The van der Waals surface area contributed by atoms with Crippen molar-refractivity contribution < 1.29 is 14.4 Å². The van der Waals surface area contributed by atoms with Crippen LogP contribution in [0.4, 0.5) is 0 Å². The van der Waals surface area contributed by atoms with E-state index < -0.39 is 5.60 Å². The van der Waals surface area contributed by atoms with Crippen molar-refractivity contribution in [2.75, 3.05) is 13.7 Å². The number of amides is 1. The number of nitrogens with one attached hydrogen (secondary N) is 1. The largest absolute Gasteiger partial charge is 0.496 e. The van der Waals surface area contributed by atoms with E-state index in [1.165, 1.54) is 0 Å². The number of para-hydroxylation sites is 1. The van der Waals surface area contributed by atoms with Crippen molar-refractivity contribution in [1.82, 2.24) is 5.32 Å². The lowest BCUT2D eigenvalue weighted by Gasteiger charge is -2.19. The molecule has 2 rings (SSSR count). The Morgan fingerprint density at radius 1 is 1.60 bits per heavy atom. The molecule has 0 saturated heterocycles. The van der Waals surface area contributed by atoms with Gasteiger partial charge >= 0.3 is 0 Å². The summed E-state index contributed by atoms with van der Waals surface area (Å²) in [5.74, 6) is 0.511. The Morgan fingerprint density at radius 3 is 3.05 bits per heavy atom. The van der Waals surface area contributed by atoms with E-state index in [9.17, 15) is 4.79 Å². The first kappa shape index (κ1) is 14.1. The minimum Gasteiger partial charge on any atom is -0.496 e. The van der Waals surface area contributed by atoms with Crippen molar-refractivity contribution in [1.29, 1.82) is 0 Å². The van der Waals surface area contributed by atoms with Gasteiger partial charge in [0.15, 0.2) is 0 Å². The second kappa shape index (κ2) is 5.77. The van der Waals surface area contributed by atoms with Crippen LogP contribution in [0.1, 0.15) is 18.9 Å². The van der Waals surface area contributed by atoms with Crippen molar-refractivity contribution in [3.63, 3.8) is 0 Å². The first-order valence-corrected chi connectivity index (χ1v) is 6.38. The second-order valence-electron chi connectivity index (χ2n) is 4.74. The fourth-order valence-corrected chi connectivity index (χ4v) is 2.04. The molecular formula is C15H18N2O3. The van der Waals surface area contributed by atoms with Gasteiger partial charge in [-0.3, -0.25) is 4.79 Å². The maximum Gasteiger partial charge on any atom is 0.267 e. The lowest BCUT2D eigenvalue weighted by molar-refractivity contribution is -0.141. The maximum absolute atomic E-state index is 12.1. The summed E-state index contributed by atoms with van der Waals surface area (Å²) in [5, 5.41) is 6.78. The number of ether oxygens (including phenoxy) is 1. The van der Waals surface area contributed by atoms with Crippen LogP contribution < -0.4 is 10.1 Å². The summed E-state index contributed by atoms with van der Waals surface area (Å²) in [6, 6.07) is 7.53. The Bertz CT molecular complexity index is 554. The molecule has 0 aromatic heterocycles.